The fourth-order valence-corrected chi connectivity index (χ4v) is 3.37. The Labute approximate surface area is 174 Å². The fraction of sp³-hybridized carbons (Fsp3) is 0.130. The molecule has 150 valence electrons. The van der Waals surface area contributed by atoms with Gasteiger partial charge in [-0.2, -0.15) is 15.3 Å². The van der Waals surface area contributed by atoms with Crippen LogP contribution < -0.4 is 5.43 Å². The van der Waals surface area contributed by atoms with Gasteiger partial charge >= 0.3 is 0 Å². The lowest BCUT2D eigenvalue weighted by Gasteiger charge is -2.03. The maximum absolute atomic E-state index is 12.6. The van der Waals surface area contributed by atoms with E-state index in [1.807, 2.05) is 86.1 Å². The van der Waals surface area contributed by atoms with Gasteiger partial charge in [-0.05, 0) is 32.9 Å². The van der Waals surface area contributed by atoms with E-state index in [-0.39, 0.29) is 5.91 Å². The first-order chi connectivity index (χ1) is 14.6. The zero-order valence-electron chi connectivity index (χ0n) is 17.0. The van der Waals surface area contributed by atoms with Crippen molar-refractivity contribution < 1.29 is 4.79 Å². The van der Waals surface area contributed by atoms with Crippen LogP contribution in [-0.2, 0) is 0 Å². The minimum atomic E-state index is -0.343. The summed E-state index contributed by atoms with van der Waals surface area (Å²) in [6.45, 7) is 5.75. The van der Waals surface area contributed by atoms with Crippen molar-refractivity contribution in [3.63, 3.8) is 0 Å². The summed E-state index contributed by atoms with van der Waals surface area (Å²) in [5, 5.41) is 15.8. The zero-order chi connectivity index (χ0) is 21.1. The molecule has 4 aromatic rings. The molecule has 2 aromatic heterocycles. The Morgan fingerprint density at radius 2 is 1.70 bits per heavy atom. The van der Waals surface area contributed by atoms with Gasteiger partial charge in [-0.25, -0.2) is 10.1 Å². The number of aryl methyl sites for hydroxylation is 1. The Hall–Kier alpha value is -4.00. The molecule has 0 saturated heterocycles. The molecule has 2 N–H and O–H groups in total. The number of aromatic amines is 1. The third-order valence-corrected chi connectivity index (χ3v) is 4.99. The summed E-state index contributed by atoms with van der Waals surface area (Å²) < 4.78 is 1.86. The highest BCUT2D eigenvalue weighted by atomic mass is 16.2. The predicted molar refractivity (Wildman–Crippen MR) is 117 cm³/mol. The van der Waals surface area contributed by atoms with Gasteiger partial charge < -0.3 is 0 Å². The Kier molecular flexibility index (Phi) is 5.26. The second kappa shape index (κ2) is 8.16. The monoisotopic (exact) mass is 398 g/mol. The number of hydrazone groups is 1. The number of carbonyl (C=O) groups excluding carboxylic acids is 1. The molecule has 0 saturated carbocycles. The Bertz CT molecular complexity index is 1210. The Morgan fingerprint density at radius 3 is 2.40 bits per heavy atom. The molecule has 0 bridgehead atoms. The summed E-state index contributed by atoms with van der Waals surface area (Å²) >= 11 is 0. The molecule has 30 heavy (non-hydrogen) atoms. The Balaban J connectivity index is 1.51. The lowest BCUT2D eigenvalue weighted by molar-refractivity contribution is 0.0949. The van der Waals surface area contributed by atoms with E-state index in [0.29, 0.717) is 5.69 Å². The first-order valence-electron chi connectivity index (χ1n) is 9.61. The van der Waals surface area contributed by atoms with Crippen molar-refractivity contribution in [3.8, 4) is 16.9 Å². The number of H-pyrrole nitrogens is 1. The molecule has 0 atom stereocenters. The molecular weight excluding hydrogens is 376 g/mol. The molecule has 0 spiro atoms. The van der Waals surface area contributed by atoms with E-state index in [0.717, 1.165) is 39.5 Å². The predicted octanol–water partition coefficient (Wildman–Crippen LogP) is 3.95. The van der Waals surface area contributed by atoms with Gasteiger partial charge in [0.2, 0.25) is 0 Å². The molecule has 2 aromatic carbocycles. The van der Waals surface area contributed by atoms with Gasteiger partial charge in [0.25, 0.3) is 5.91 Å². The summed E-state index contributed by atoms with van der Waals surface area (Å²) in [7, 11) is 0. The van der Waals surface area contributed by atoms with E-state index < -0.39 is 0 Å². The number of nitrogens with zero attached hydrogens (tertiary/aromatic N) is 4. The normalized spacial score (nSPS) is 11.2. The lowest BCUT2D eigenvalue weighted by atomic mass is 10.1. The summed E-state index contributed by atoms with van der Waals surface area (Å²) in [6.07, 6.45) is 1.62. The minimum absolute atomic E-state index is 0.343. The maximum atomic E-state index is 12.6. The number of carbonyl (C=O) groups is 1. The second-order valence-electron chi connectivity index (χ2n) is 6.97. The summed E-state index contributed by atoms with van der Waals surface area (Å²) in [5.74, 6) is -0.343. The molecule has 4 rings (SSSR count). The average Bonchev–Trinajstić information content (AvgIpc) is 3.29. The molecule has 0 radical (unpaired) electrons. The summed E-state index contributed by atoms with van der Waals surface area (Å²) in [6, 6.07) is 19.6. The van der Waals surface area contributed by atoms with E-state index in [1.54, 1.807) is 6.21 Å². The minimum Gasteiger partial charge on any atom is -0.272 e. The van der Waals surface area contributed by atoms with Crippen LogP contribution in [0, 0.1) is 20.8 Å². The van der Waals surface area contributed by atoms with Crippen LogP contribution in [0.3, 0.4) is 0 Å². The molecule has 0 aliphatic rings. The maximum Gasteiger partial charge on any atom is 0.289 e. The number of hydrogen-bond donors (Lipinski definition) is 2. The van der Waals surface area contributed by atoms with Crippen LogP contribution >= 0.6 is 0 Å². The van der Waals surface area contributed by atoms with Gasteiger partial charge in [0.05, 0.1) is 29.0 Å². The molecule has 0 fully saturated rings. The fourth-order valence-electron chi connectivity index (χ4n) is 3.37. The van der Waals surface area contributed by atoms with E-state index >= 15 is 0 Å². The van der Waals surface area contributed by atoms with Crippen LogP contribution in [0.1, 0.15) is 33.0 Å². The van der Waals surface area contributed by atoms with Crippen molar-refractivity contribution in [1.29, 1.82) is 0 Å². The molecule has 7 nitrogen and oxygen atoms in total. The van der Waals surface area contributed by atoms with Crippen molar-refractivity contribution in [2.75, 3.05) is 0 Å². The van der Waals surface area contributed by atoms with Gasteiger partial charge in [0, 0.05) is 16.7 Å². The summed E-state index contributed by atoms with van der Waals surface area (Å²) in [5.41, 5.74) is 9.06. The van der Waals surface area contributed by atoms with Crippen molar-refractivity contribution in [2.45, 2.75) is 20.8 Å². The molecule has 0 unspecified atom stereocenters. The quantitative estimate of drug-likeness (QED) is 0.394. The Morgan fingerprint density at radius 1 is 1.03 bits per heavy atom. The number of rotatable bonds is 5. The van der Waals surface area contributed by atoms with E-state index in [9.17, 15) is 4.79 Å². The SMILES string of the molecule is Cc1nn(-c2ccccc2)c(C)c1/C=N/NC(=O)c1[nH]nc(-c2ccccc2)c1C. The number of hydrogen-bond acceptors (Lipinski definition) is 4. The first kappa shape index (κ1) is 19.3. The zero-order valence-corrected chi connectivity index (χ0v) is 17.0. The van der Waals surface area contributed by atoms with Crippen LogP contribution in [0.2, 0.25) is 0 Å². The highest BCUT2D eigenvalue weighted by Gasteiger charge is 2.17. The van der Waals surface area contributed by atoms with Crippen molar-refractivity contribution in [1.82, 2.24) is 25.4 Å². The van der Waals surface area contributed by atoms with E-state index in [4.69, 9.17) is 0 Å². The van der Waals surface area contributed by atoms with Crippen molar-refractivity contribution in [2.24, 2.45) is 5.10 Å². The highest BCUT2D eigenvalue weighted by molar-refractivity contribution is 5.96. The van der Waals surface area contributed by atoms with E-state index in [2.05, 4.69) is 25.8 Å². The number of benzene rings is 2. The average molecular weight is 398 g/mol. The smallest absolute Gasteiger partial charge is 0.272 e. The molecular formula is C23H22N6O. The first-order valence-corrected chi connectivity index (χ1v) is 9.61. The highest BCUT2D eigenvalue weighted by Crippen LogP contribution is 2.22. The molecule has 0 aliphatic heterocycles. The van der Waals surface area contributed by atoms with Crippen LogP contribution in [-0.4, -0.2) is 32.1 Å². The topological polar surface area (TPSA) is 88.0 Å². The molecule has 7 heteroatoms. The van der Waals surface area contributed by atoms with Crippen LogP contribution in [0.5, 0.6) is 0 Å². The van der Waals surface area contributed by atoms with Crippen LogP contribution in [0.25, 0.3) is 16.9 Å². The number of amides is 1. The third kappa shape index (κ3) is 3.65. The van der Waals surface area contributed by atoms with Gasteiger partial charge in [0.1, 0.15) is 5.69 Å². The number of nitrogens with one attached hydrogen (secondary N) is 2. The molecule has 2 heterocycles. The second-order valence-corrected chi connectivity index (χ2v) is 6.97. The standard InChI is InChI=1S/C23H22N6O/c1-15-21(18-10-6-4-7-11-18)25-26-22(15)23(30)27-24-14-20-16(2)28-29(17(20)3)19-12-8-5-9-13-19/h4-14H,1-3H3,(H,25,26)(H,27,30)/b24-14+. The van der Waals surface area contributed by atoms with E-state index in [1.165, 1.54) is 0 Å². The lowest BCUT2D eigenvalue weighted by Crippen LogP contribution is -2.19. The number of aromatic nitrogens is 4. The molecule has 0 aliphatic carbocycles. The third-order valence-electron chi connectivity index (χ3n) is 4.99. The van der Waals surface area contributed by atoms with Crippen molar-refractivity contribution >= 4 is 12.1 Å². The summed E-state index contributed by atoms with van der Waals surface area (Å²) in [4.78, 5) is 12.6. The molecule has 1 amide bonds. The largest absolute Gasteiger partial charge is 0.289 e. The van der Waals surface area contributed by atoms with Gasteiger partial charge in [-0.1, -0.05) is 48.5 Å². The van der Waals surface area contributed by atoms with Crippen molar-refractivity contribution in [3.05, 3.63) is 88.9 Å². The number of para-hydroxylation sites is 1. The van der Waals surface area contributed by atoms with Crippen LogP contribution in [0.4, 0.5) is 0 Å². The van der Waals surface area contributed by atoms with Gasteiger partial charge in [-0.3, -0.25) is 9.89 Å². The van der Waals surface area contributed by atoms with Gasteiger partial charge in [0.15, 0.2) is 0 Å². The van der Waals surface area contributed by atoms with Crippen LogP contribution in [0.15, 0.2) is 65.8 Å². The van der Waals surface area contributed by atoms with Gasteiger partial charge in [-0.15, -0.1) is 0 Å².